The van der Waals surface area contributed by atoms with Crippen molar-refractivity contribution in [3.05, 3.63) is 27.7 Å². The number of rotatable bonds is 2. The fourth-order valence-electron chi connectivity index (χ4n) is 1.24. The highest BCUT2D eigenvalue weighted by atomic mass is 16.3. The zero-order chi connectivity index (χ0) is 10.7. The monoisotopic (exact) mass is 193 g/mol. The fourth-order valence-corrected chi connectivity index (χ4v) is 1.24. The van der Waals surface area contributed by atoms with E-state index in [-0.39, 0.29) is 17.7 Å². The number of aromatic hydroxyl groups is 1. The van der Waals surface area contributed by atoms with E-state index in [0.717, 1.165) is 0 Å². The van der Waals surface area contributed by atoms with Gasteiger partial charge in [0.2, 0.25) is 0 Å². The Morgan fingerprint density at radius 3 is 2.93 bits per heavy atom. The molecule has 74 valence electrons. The van der Waals surface area contributed by atoms with Crippen molar-refractivity contribution in [2.75, 3.05) is 0 Å². The predicted molar refractivity (Wildman–Crippen MR) is 50.6 cm³/mol. The van der Waals surface area contributed by atoms with Gasteiger partial charge in [0.25, 0.3) is 5.56 Å². The normalized spacial score (nSPS) is 12.1. The van der Waals surface area contributed by atoms with Gasteiger partial charge in [-0.3, -0.25) is 4.79 Å². The third-order valence-electron chi connectivity index (χ3n) is 1.87. The molecule has 0 aromatic carbocycles. The van der Waals surface area contributed by atoms with E-state index in [4.69, 9.17) is 11.0 Å². The second-order valence-electron chi connectivity index (χ2n) is 3.05. The van der Waals surface area contributed by atoms with Crippen molar-refractivity contribution in [3.8, 4) is 11.8 Å². The Morgan fingerprint density at radius 1 is 1.79 bits per heavy atom. The van der Waals surface area contributed by atoms with Crippen LogP contribution in [0.1, 0.15) is 23.7 Å². The average molecular weight is 193 g/mol. The number of nitrogens with two attached hydrogens (primary N) is 1. The van der Waals surface area contributed by atoms with Crippen molar-refractivity contribution < 1.29 is 5.11 Å². The molecule has 0 fully saturated rings. The third kappa shape index (κ3) is 1.92. The molecule has 0 saturated heterocycles. The van der Waals surface area contributed by atoms with Gasteiger partial charge in [-0.1, -0.05) is 0 Å². The Hall–Kier alpha value is -1.80. The largest absolute Gasteiger partial charge is 0.507 e. The SMILES string of the molecule is Cc1cc(O)c(C(N)CC#N)c(=O)[nH]1. The molecule has 0 aliphatic heterocycles. The zero-order valence-electron chi connectivity index (χ0n) is 7.74. The van der Waals surface area contributed by atoms with Gasteiger partial charge >= 0.3 is 0 Å². The maximum Gasteiger partial charge on any atom is 0.256 e. The van der Waals surface area contributed by atoms with Crippen molar-refractivity contribution in [2.45, 2.75) is 19.4 Å². The number of hydrogen-bond donors (Lipinski definition) is 3. The van der Waals surface area contributed by atoms with Crippen molar-refractivity contribution in [1.29, 1.82) is 5.26 Å². The summed E-state index contributed by atoms with van der Waals surface area (Å²) in [4.78, 5) is 13.9. The zero-order valence-corrected chi connectivity index (χ0v) is 7.74. The minimum Gasteiger partial charge on any atom is -0.507 e. The van der Waals surface area contributed by atoms with Crippen LogP contribution in [0.2, 0.25) is 0 Å². The minimum absolute atomic E-state index is 0.000297. The van der Waals surface area contributed by atoms with Crippen LogP contribution in [0.5, 0.6) is 5.75 Å². The van der Waals surface area contributed by atoms with Gasteiger partial charge in [-0.05, 0) is 13.0 Å². The first-order chi connectivity index (χ1) is 6.56. The molecule has 0 radical (unpaired) electrons. The molecule has 0 saturated carbocycles. The van der Waals surface area contributed by atoms with Gasteiger partial charge in [0.15, 0.2) is 0 Å². The Labute approximate surface area is 80.8 Å². The summed E-state index contributed by atoms with van der Waals surface area (Å²) in [6.45, 7) is 1.65. The van der Waals surface area contributed by atoms with Crippen molar-refractivity contribution in [2.24, 2.45) is 5.73 Å². The number of nitrogens with zero attached hydrogens (tertiary/aromatic N) is 1. The molecular formula is C9H11N3O2. The molecule has 0 bridgehead atoms. The highest BCUT2D eigenvalue weighted by molar-refractivity contribution is 5.34. The van der Waals surface area contributed by atoms with Crippen LogP contribution in [-0.4, -0.2) is 10.1 Å². The van der Waals surface area contributed by atoms with Crippen molar-refractivity contribution in [1.82, 2.24) is 4.98 Å². The summed E-state index contributed by atoms with van der Waals surface area (Å²) in [6.07, 6.45) is -0.000297. The number of nitrogens with one attached hydrogen (secondary N) is 1. The molecule has 0 aliphatic rings. The predicted octanol–water partition coefficient (Wildman–Crippen LogP) is 0.302. The van der Waals surface area contributed by atoms with Crippen LogP contribution in [0.15, 0.2) is 10.9 Å². The van der Waals surface area contributed by atoms with E-state index in [1.165, 1.54) is 6.07 Å². The maximum atomic E-state index is 11.4. The molecule has 1 rings (SSSR count). The Balaban J connectivity index is 3.22. The lowest BCUT2D eigenvalue weighted by molar-refractivity contribution is 0.458. The van der Waals surface area contributed by atoms with Crippen LogP contribution < -0.4 is 11.3 Å². The van der Waals surface area contributed by atoms with E-state index < -0.39 is 11.6 Å². The van der Waals surface area contributed by atoms with Crippen LogP contribution in [-0.2, 0) is 0 Å². The first kappa shape index (κ1) is 10.3. The second-order valence-corrected chi connectivity index (χ2v) is 3.05. The first-order valence-corrected chi connectivity index (χ1v) is 4.11. The Morgan fingerprint density at radius 2 is 2.43 bits per heavy atom. The maximum absolute atomic E-state index is 11.4. The summed E-state index contributed by atoms with van der Waals surface area (Å²) in [5, 5.41) is 17.9. The number of aryl methyl sites for hydroxylation is 1. The van der Waals surface area contributed by atoms with Crippen LogP contribution in [0, 0.1) is 18.3 Å². The molecule has 4 N–H and O–H groups in total. The number of aromatic nitrogens is 1. The quantitative estimate of drug-likeness (QED) is 0.628. The highest BCUT2D eigenvalue weighted by Crippen LogP contribution is 2.20. The van der Waals surface area contributed by atoms with E-state index >= 15 is 0 Å². The molecule has 1 aromatic heterocycles. The molecule has 1 atom stereocenters. The summed E-state index contributed by atoms with van der Waals surface area (Å²) in [5.74, 6) is -0.158. The van der Waals surface area contributed by atoms with E-state index in [9.17, 15) is 9.90 Å². The smallest absolute Gasteiger partial charge is 0.256 e. The summed E-state index contributed by atoms with van der Waals surface area (Å²) in [5.41, 5.74) is 5.74. The fraction of sp³-hybridized carbons (Fsp3) is 0.333. The van der Waals surface area contributed by atoms with Gasteiger partial charge in [0, 0.05) is 5.69 Å². The summed E-state index contributed by atoms with van der Waals surface area (Å²) in [6, 6.07) is 2.51. The lowest BCUT2D eigenvalue weighted by atomic mass is 10.1. The Kier molecular flexibility index (Phi) is 2.89. The molecule has 1 aromatic rings. The summed E-state index contributed by atoms with van der Waals surface area (Å²) in [7, 11) is 0. The molecule has 5 nitrogen and oxygen atoms in total. The Bertz CT molecular complexity index is 431. The lowest BCUT2D eigenvalue weighted by Crippen LogP contribution is -2.22. The van der Waals surface area contributed by atoms with Crippen LogP contribution in [0.25, 0.3) is 0 Å². The van der Waals surface area contributed by atoms with Crippen LogP contribution in [0.3, 0.4) is 0 Å². The van der Waals surface area contributed by atoms with E-state index in [1.54, 1.807) is 6.92 Å². The molecule has 0 amide bonds. The van der Waals surface area contributed by atoms with E-state index in [2.05, 4.69) is 4.98 Å². The summed E-state index contributed by atoms with van der Waals surface area (Å²) < 4.78 is 0. The van der Waals surface area contributed by atoms with Crippen molar-refractivity contribution >= 4 is 0 Å². The topological polar surface area (TPSA) is 103 Å². The number of hydrogen-bond acceptors (Lipinski definition) is 4. The van der Waals surface area contributed by atoms with Gasteiger partial charge in [-0.15, -0.1) is 0 Å². The molecule has 1 heterocycles. The molecule has 5 heteroatoms. The van der Waals surface area contributed by atoms with Gasteiger partial charge < -0.3 is 15.8 Å². The minimum atomic E-state index is -0.746. The number of nitriles is 1. The van der Waals surface area contributed by atoms with Crippen LogP contribution >= 0.6 is 0 Å². The number of pyridine rings is 1. The third-order valence-corrected chi connectivity index (χ3v) is 1.87. The standard InChI is InChI=1S/C9H11N3O2/c1-5-4-7(13)8(9(14)12-5)6(11)2-3-10/h4,6H,2,11H2,1H3,(H2,12,13,14). The highest BCUT2D eigenvalue weighted by Gasteiger charge is 2.15. The molecule has 1 unspecified atom stereocenters. The van der Waals surface area contributed by atoms with Crippen LogP contribution in [0.4, 0.5) is 0 Å². The first-order valence-electron chi connectivity index (χ1n) is 4.11. The summed E-state index contributed by atoms with van der Waals surface area (Å²) >= 11 is 0. The second kappa shape index (κ2) is 3.94. The average Bonchev–Trinajstić information content (AvgIpc) is 2.01. The molecule has 14 heavy (non-hydrogen) atoms. The lowest BCUT2D eigenvalue weighted by Gasteiger charge is -2.09. The van der Waals surface area contributed by atoms with Crippen molar-refractivity contribution in [3.63, 3.8) is 0 Å². The van der Waals surface area contributed by atoms with Gasteiger partial charge in [0.1, 0.15) is 5.75 Å². The van der Waals surface area contributed by atoms with E-state index in [1.807, 2.05) is 6.07 Å². The molecular weight excluding hydrogens is 182 g/mol. The van der Waals surface area contributed by atoms with E-state index in [0.29, 0.717) is 5.69 Å². The number of aromatic amines is 1. The van der Waals surface area contributed by atoms with Gasteiger partial charge in [-0.25, -0.2) is 0 Å². The molecule has 0 aliphatic carbocycles. The van der Waals surface area contributed by atoms with Gasteiger partial charge in [0.05, 0.1) is 24.1 Å². The molecule has 0 spiro atoms. The number of H-pyrrole nitrogens is 1. The van der Waals surface area contributed by atoms with Gasteiger partial charge in [-0.2, -0.15) is 5.26 Å².